The Kier molecular flexibility index (Phi) is 6.84. The fourth-order valence-electron chi connectivity index (χ4n) is 2.70. The van der Waals surface area contributed by atoms with E-state index in [0.717, 1.165) is 0 Å². The molecule has 0 radical (unpaired) electrons. The standard InChI is InChI=1S/C24H20O6/c1-27-16-21(24(26)28-2)20-13-6-7-14-22(20)29-19-12-8-9-17(15-19)23(25)30-18-10-4-3-5-11-18/h3-16H,1-2H3. The Labute approximate surface area is 174 Å². The summed E-state index contributed by atoms with van der Waals surface area (Å²) in [5, 5.41) is 0. The number of carbonyl (C=O) groups is 2. The van der Waals surface area contributed by atoms with E-state index in [9.17, 15) is 9.59 Å². The van der Waals surface area contributed by atoms with Gasteiger partial charge in [0.2, 0.25) is 0 Å². The van der Waals surface area contributed by atoms with Crippen molar-refractivity contribution in [3.63, 3.8) is 0 Å². The highest BCUT2D eigenvalue weighted by Crippen LogP contribution is 2.31. The summed E-state index contributed by atoms with van der Waals surface area (Å²) in [7, 11) is 2.73. The molecule has 0 heterocycles. The summed E-state index contributed by atoms with van der Waals surface area (Å²) in [6, 6.07) is 22.4. The quantitative estimate of drug-likeness (QED) is 0.242. The van der Waals surface area contributed by atoms with Crippen molar-refractivity contribution in [2.24, 2.45) is 0 Å². The number of methoxy groups -OCH3 is 2. The number of rotatable bonds is 7. The van der Waals surface area contributed by atoms with Crippen molar-refractivity contribution in [3.8, 4) is 17.2 Å². The number of hydrogen-bond acceptors (Lipinski definition) is 6. The number of carbonyl (C=O) groups excluding carboxylic acids is 2. The first kappa shape index (κ1) is 20.7. The molecule has 0 aromatic heterocycles. The third-order valence-electron chi connectivity index (χ3n) is 4.07. The second kappa shape index (κ2) is 9.93. The van der Waals surface area contributed by atoms with Crippen LogP contribution in [0.1, 0.15) is 15.9 Å². The molecule has 0 saturated carbocycles. The minimum atomic E-state index is -0.562. The fraction of sp³-hybridized carbons (Fsp3) is 0.0833. The molecule has 0 aliphatic heterocycles. The molecular formula is C24H20O6. The zero-order chi connectivity index (χ0) is 21.3. The molecule has 30 heavy (non-hydrogen) atoms. The van der Waals surface area contributed by atoms with Crippen molar-refractivity contribution in [2.75, 3.05) is 14.2 Å². The molecule has 0 amide bonds. The van der Waals surface area contributed by atoms with Crippen LogP contribution in [0, 0.1) is 0 Å². The minimum absolute atomic E-state index is 0.204. The Bertz CT molecular complexity index is 1060. The molecule has 0 aliphatic rings. The minimum Gasteiger partial charge on any atom is -0.503 e. The lowest BCUT2D eigenvalue weighted by Crippen LogP contribution is -2.08. The zero-order valence-corrected chi connectivity index (χ0v) is 16.5. The van der Waals surface area contributed by atoms with Crippen molar-refractivity contribution >= 4 is 17.5 Å². The SMILES string of the molecule is COC=C(C(=O)OC)c1ccccc1Oc1cccc(C(=O)Oc2ccccc2)c1. The van der Waals surface area contributed by atoms with Crippen LogP contribution in [0.3, 0.4) is 0 Å². The van der Waals surface area contributed by atoms with Crippen LogP contribution in [0.25, 0.3) is 5.57 Å². The molecule has 6 heteroatoms. The molecule has 3 aromatic carbocycles. The van der Waals surface area contributed by atoms with E-state index in [1.807, 2.05) is 6.07 Å². The van der Waals surface area contributed by atoms with Crippen molar-refractivity contribution in [1.29, 1.82) is 0 Å². The van der Waals surface area contributed by atoms with Gasteiger partial charge in [-0.25, -0.2) is 9.59 Å². The molecule has 0 fully saturated rings. The van der Waals surface area contributed by atoms with Gasteiger partial charge in [-0.3, -0.25) is 0 Å². The van der Waals surface area contributed by atoms with Gasteiger partial charge >= 0.3 is 11.9 Å². The molecule has 0 N–H and O–H groups in total. The van der Waals surface area contributed by atoms with Crippen molar-refractivity contribution in [1.82, 2.24) is 0 Å². The van der Waals surface area contributed by atoms with Gasteiger partial charge in [0.25, 0.3) is 0 Å². The Morgan fingerprint density at radius 1 is 0.800 bits per heavy atom. The number of hydrogen-bond donors (Lipinski definition) is 0. The van der Waals surface area contributed by atoms with E-state index in [-0.39, 0.29) is 5.57 Å². The molecule has 0 unspecified atom stereocenters. The molecule has 3 aromatic rings. The van der Waals surface area contributed by atoms with Crippen LogP contribution in [0.15, 0.2) is 85.1 Å². The van der Waals surface area contributed by atoms with Gasteiger partial charge in [-0.05, 0) is 36.4 Å². The zero-order valence-electron chi connectivity index (χ0n) is 16.5. The summed E-state index contributed by atoms with van der Waals surface area (Å²) in [5.74, 6) is 0.195. The van der Waals surface area contributed by atoms with Crippen LogP contribution in [0.2, 0.25) is 0 Å². The van der Waals surface area contributed by atoms with Gasteiger partial charge in [-0.2, -0.15) is 0 Å². The normalized spacial score (nSPS) is 10.8. The predicted molar refractivity (Wildman–Crippen MR) is 111 cm³/mol. The molecule has 0 aliphatic carbocycles. The second-order valence-corrected chi connectivity index (χ2v) is 6.09. The van der Waals surface area contributed by atoms with Gasteiger partial charge in [0.1, 0.15) is 22.8 Å². The van der Waals surface area contributed by atoms with E-state index in [4.69, 9.17) is 18.9 Å². The number of para-hydroxylation sites is 2. The first-order valence-electron chi connectivity index (χ1n) is 9.08. The van der Waals surface area contributed by atoms with Crippen molar-refractivity contribution < 1.29 is 28.5 Å². The lowest BCUT2D eigenvalue weighted by atomic mass is 10.1. The highest BCUT2D eigenvalue weighted by atomic mass is 16.5. The largest absolute Gasteiger partial charge is 0.503 e. The van der Waals surface area contributed by atoms with Crippen LogP contribution < -0.4 is 9.47 Å². The molecule has 0 atom stereocenters. The molecule has 0 bridgehead atoms. The Balaban J connectivity index is 1.86. The Morgan fingerprint density at radius 2 is 1.50 bits per heavy atom. The Hall–Kier alpha value is -4.06. The average Bonchev–Trinajstić information content (AvgIpc) is 2.78. The smallest absolute Gasteiger partial charge is 0.343 e. The molecular weight excluding hydrogens is 384 g/mol. The lowest BCUT2D eigenvalue weighted by molar-refractivity contribution is -0.133. The number of benzene rings is 3. The van der Waals surface area contributed by atoms with Crippen LogP contribution >= 0.6 is 0 Å². The number of ether oxygens (including phenoxy) is 4. The number of esters is 2. The van der Waals surface area contributed by atoms with Gasteiger partial charge in [-0.1, -0.05) is 42.5 Å². The predicted octanol–water partition coefficient (Wildman–Crippen LogP) is 4.86. The van der Waals surface area contributed by atoms with E-state index >= 15 is 0 Å². The second-order valence-electron chi connectivity index (χ2n) is 6.09. The van der Waals surface area contributed by atoms with Crippen LogP contribution in [0.5, 0.6) is 17.2 Å². The maximum absolute atomic E-state index is 12.4. The molecule has 0 spiro atoms. The van der Waals surface area contributed by atoms with E-state index in [0.29, 0.717) is 28.4 Å². The maximum Gasteiger partial charge on any atom is 0.343 e. The average molecular weight is 404 g/mol. The topological polar surface area (TPSA) is 71.1 Å². The summed E-state index contributed by atoms with van der Waals surface area (Å²) < 4.78 is 21.2. The summed E-state index contributed by atoms with van der Waals surface area (Å²) in [6.45, 7) is 0. The molecule has 3 rings (SSSR count). The highest BCUT2D eigenvalue weighted by Gasteiger charge is 2.18. The van der Waals surface area contributed by atoms with Gasteiger partial charge in [0.15, 0.2) is 0 Å². The maximum atomic E-state index is 12.4. The lowest BCUT2D eigenvalue weighted by Gasteiger charge is -2.13. The van der Waals surface area contributed by atoms with Gasteiger partial charge < -0.3 is 18.9 Å². The van der Waals surface area contributed by atoms with Crippen LogP contribution in [-0.2, 0) is 14.3 Å². The van der Waals surface area contributed by atoms with E-state index in [1.165, 1.54) is 20.5 Å². The fourth-order valence-corrected chi connectivity index (χ4v) is 2.70. The first-order chi connectivity index (χ1) is 14.6. The summed E-state index contributed by atoms with van der Waals surface area (Å²) in [5.41, 5.74) is 1.02. The molecule has 0 saturated heterocycles. The first-order valence-corrected chi connectivity index (χ1v) is 9.08. The third-order valence-corrected chi connectivity index (χ3v) is 4.07. The van der Waals surface area contributed by atoms with E-state index in [2.05, 4.69) is 0 Å². The van der Waals surface area contributed by atoms with Crippen molar-refractivity contribution in [2.45, 2.75) is 0 Å². The van der Waals surface area contributed by atoms with Crippen LogP contribution in [0.4, 0.5) is 0 Å². The third kappa shape index (κ3) is 5.05. The monoisotopic (exact) mass is 404 g/mol. The molecule has 152 valence electrons. The van der Waals surface area contributed by atoms with Gasteiger partial charge in [-0.15, -0.1) is 0 Å². The van der Waals surface area contributed by atoms with Gasteiger partial charge in [0, 0.05) is 5.56 Å². The summed E-state index contributed by atoms with van der Waals surface area (Å²) in [6.07, 6.45) is 1.29. The summed E-state index contributed by atoms with van der Waals surface area (Å²) >= 11 is 0. The molecule has 6 nitrogen and oxygen atoms in total. The van der Waals surface area contributed by atoms with E-state index < -0.39 is 11.9 Å². The highest BCUT2D eigenvalue weighted by molar-refractivity contribution is 6.17. The van der Waals surface area contributed by atoms with Crippen molar-refractivity contribution in [3.05, 3.63) is 96.3 Å². The van der Waals surface area contributed by atoms with Gasteiger partial charge in [0.05, 0.1) is 26.0 Å². The summed E-state index contributed by atoms with van der Waals surface area (Å²) in [4.78, 5) is 24.6. The van der Waals surface area contributed by atoms with Crippen LogP contribution in [-0.4, -0.2) is 26.2 Å². The van der Waals surface area contributed by atoms with E-state index in [1.54, 1.807) is 72.8 Å². The Morgan fingerprint density at radius 3 is 2.23 bits per heavy atom.